The van der Waals surface area contributed by atoms with Crippen molar-refractivity contribution in [2.45, 2.75) is 66.1 Å². The third-order valence-corrected chi connectivity index (χ3v) is 8.28. The number of rotatable bonds is 6. The molecule has 0 fully saturated rings. The number of carbonyl (C=O) groups excluding carboxylic acids is 1. The van der Waals surface area contributed by atoms with Gasteiger partial charge in [-0.25, -0.2) is 18.7 Å². The number of methoxy groups -OCH3 is 1. The summed E-state index contributed by atoms with van der Waals surface area (Å²) < 4.78 is 34.8. The molecule has 0 saturated carbocycles. The molecule has 6 rings (SSSR count). The Morgan fingerprint density at radius 3 is 2.49 bits per heavy atom. The van der Waals surface area contributed by atoms with E-state index in [4.69, 9.17) is 24.3 Å². The van der Waals surface area contributed by atoms with Crippen LogP contribution < -0.4 is 4.74 Å². The minimum absolute atomic E-state index is 0.288. The van der Waals surface area contributed by atoms with E-state index in [1.807, 2.05) is 65.0 Å². The van der Waals surface area contributed by atoms with Gasteiger partial charge in [0.2, 0.25) is 0 Å². The van der Waals surface area contributed by atoms with Crippen LogP contribution in [0.15, 0.2) is 60.7 Å². The first-order valence-electron chi connectivity index (χ1n) is 15.2. The summed E-state index contributed by atoms with van der Waals surface area (Å²) in [4.78, 5) is 18.3. The first-order valence-corrected chi connectivity index (χ1v) is 15.2. The zero-order chi connectivity index (χ0) is 32.0. The fourth-order valence-corrected chi connectivity index (χ4v) is 6.18. The lowest BCUT2D eigenvalue weighted by molar-refractivity contribution is -0.164. The van der Waals surface area contributed by atoms with Gasteiger partial charge >= 0.3 is 5.97 Å². The highest BCUT2D eigenvalue weighted by Gasteiger charge is 2.35. The van der Waals surface area contributed by atoms with Crippen LogP contribution in [0.4, 0.5) is 4.39 Å². The molecule has 0 aliphatic carbocycles. The lowest BCUT2D eigenvalue weighted by Crippen LogP contribution is -2.30. The highest BCUT2D eigenvalue weighted by atomic mass is 19.1. The van der Waals surface area contributed by atoms with Crippen molar-refractivity contribution in [2.75, 3.05) is 13.7 Å². The van der Waals surface area contributed by atoms with E-state index in [2.05, 4.69) is 31.2 Å². The van der Waals surface area contributed by atoms with Gasteiger partial charge in [-0.05, 0) is 88.8 Å². The van der Waals surface area contributed by atoms with E-state index in [9.17, 15) is 4.79 Å². The Bertz CT molecular complexity index is 1940. The highest BCUT2D eigenvalue weighted by molar-refractivity contribution is 5.84. The molecule has 0 saturated heterocycles. The van der Waals surface area contributed by atoms with Crippen molar-refractivity contribution in [3.63, 3.8) is 0 Å². The van der Waals surface area contributed by atoms with Crippen molar-refractivity contribution in [1.29, 1.82) is 0 Å². The van der Waals surface area contributed by atoms with Crippen LogP contribution in [0.5, 0.6) is 5.75 Å². The number of aromatic nitrogens is 3. The molecule has 7 nitrogen and oxygen atoms in total. The Morgan fingerprint density at radius 2 is 1.76 bits per heavy atom. The number of nitrogens with zero attached hydrogens (tertiary/aromatic N) is 3. The van der Waals surface area contributed by atoms with Crippen LogP contribution >= 0.6 is 0 Å². The fraction of sp³-hybridized carbons (Fsp3) is 0.324. The summed E-state index contributed by atoms with van der Waals surface area (Å²) in [5, 5.41) is 5.06. The maximum absolute atomic E-state index is 15.7. The van der Waals surface area contributed by atoms with E-state index in [0.717, 1.165) is 34.2 Å². The predicted octanol–water partition coefficient (Wildman–Crippen LogP) is 8.15. The molecule has 2 aromatic heterocycles. The SMILES string of the molecule is COC(=O)C(OC(C)(C)C)c1c(C)nc2cc(-c3cccc(-c4ccccc4C)c3)nn2c1-c1cc(F)c2c(c1C)CCCO2. The summed E-state index contributed by atoms with van der Waals surface area (Å²) >= 11 is 0. The zero-order valence-electron chi connectivity index (χ0n) is 26.8. The van der Waals surface area contributed by atoms with E-state index in [1.165, 1.54) is 18.7 Å². The third kappa shape index (κ3) is 5.71. The summed E-state index contributed by atoms with van der Waals surface area (Å²) in [7, 11) is 1.33. The number of halogens is 1. The Hall–Kier alpha value is -4.56. The van der Waals surface area contributed by atoms with E-state index in [-0.39, 0.29) is 5.75 Å². The van der Waals surface area contributed by atoms with Gasteiger partial charge in [0.1, 0.15) is 0 Å². The van der Waals surface area contributed by atoms with Gasteiger partial charge in [0.15, 0.2) is 23.3 Å². The molecule has 0 amide bonds. The van der Waals surface area contributed by atoms with Gasteiger partial charge in [0.05, 0.1) is 30.7 Å². The molecule has 45 heavy (non-hydrogen) atoms. The number of hydrogen-bond acceptors (Lipinski definition) is 6. The van der Waals surface area contributed by atoms with Gasteiger partial charge in [-0.15, -0.1) is 0 Å². The smallest absolute Gasteiger partial charge is 0.339 e. The molecule has 0 radical (unpaired) electrons. The van der Waals surface area contributed by atoms with Gasteiger partial charge in [-0.3, -0.25) is 0 Å². The van der Waals surface area contributed by atoms with Crippen LogP contribution in [-0.2, 0) is 20.7 Å². The average molecular weight is 608 g/mol. The summed E-state index contributed by atoms with van der Waals surface area (Å²) in [5.41, 5.74) is 8.70. The summed E-state index contributed by atoms with van der Waals surface area (Å²) in [6, 6.07) is 19.9. The molecule has 8 heteroatoms. The largest absolute Gasteiger partial charge is 0.490 e. The second-order valence-corrected chi connectivity index (χ2v) is 12.6. The Balaban J connectivity index is 1.64. The Kier molecular flexibility index (Phi) is 7.95. The van der Waals surface area contributed by atoms with E-state index in [0.29, 0.717) is 46.9 Å². The first kappa shape index (κ1) is 30.5. The topological polar surface area (TPSA) is 75.0 Å². The van der Waals surface area contributed by atoms with Crippen LogP contribution in [0.2, 0.25) is 0 Å². The van der Waals surface area contributed by atoms with Crippen LogP contribution in [0.25, 0.3) is 39.3 Å². The molecule has 5 aromatic rings. The van der Waals surface area contributed by atoms with Crippen molar-refractivity contribution >= 4 is 11.6 Å². The molecule has 1 aliphatic rings. The number of esters is 1. The van der Waals surface area contributed by atoms with Crippen molar-refractivity contribution in [1.82, 2.24) is 14.6 Å². The molecule has 3 heterocycles. The summed E-state index contributed by atoms with van der Waals surface area (Å²) in [5.74, 6) is -0.743. The molecule has 1 unspecified atom stereocenters. The van der Waals surface area contributed by atoms with Crippen molar-refractivity contribution < 1.29 is 23.4 Å². The number of fused-ring (bicyclic) bond motifs is 2. The minimum Gasteiger partial charge on any atom is -0.490 e. The first-order chi connectivity index (χ1) is 21.5. The Morgan fingerprint density at radius 1 is 1.00 bits per heavy atom. The fourth-order valence-electron chi connectivity index (χ4n) is 6.18. The second kappa shape index (κ2) is 11.7. The normalized spacial score (nSPS) is 13.8. The van der Waals surface area contributed by atoms with Gasteiger partial charge in [0, 0.05) is 34.0 Å². The van der Waals surface area contributed by atoms with E-state index < -0.39 is 23.5 Å². The van der Waals surface area contributed by atoms with Gasteiger partial charge in [-0.2, -0.15) is 5.10 Å². The zero-order valence-corrected chi connectivity index (χ0v) is 26.8. The molecule has 1 aliphatic heterocycles. The molecule has 0 bridgehead atoms. The molecule has 0 N–H and O–H groups in total. The standard InChI is InChI=1S/C37H38FN3O4/c1-21-12-8-9-15-26(21)24-13-10-14-25(18-24)30-20-31-39-23(3)32(35(36(42)43-7)45-37(4,5)6)33(41(31)40-30)28-19-29(38)34-27(22(28)2)16-11-17-44-34/h8-10,12-15,18-20,35H,11,16-17H2,1-7H3. The van der Waals surface area contributed by atoms with Crippen LogP contribution in [-0.4, -0.2) is 39.9 Å². The van der Waals surface area contributed by atoms with Gasteiger partial charge in [0.25, 0.3) is 0 Å². The van der Waals surface area contributed by atoms with Crippen LogP contribution in [0.3, 0.4) is 0 Å². The quantitative estimate of drug-likeness (QED) is 0.181. The minimum atomic E-state index is -1.13. The maximum Gasteiger partial charge on any atom is 0.339 e. The monoisotopic (exact) mass is 607 g/mol. The molecular formula is C37H38FN3O4. The van der Waals surface area contributed by atoms with Crippen molar-refractivity contribution in [3.05, 3.63) is 94.4 Å². The maximum atomic E-state index is 15.7. The van der Waals surface area contributed by atoms with Crippen LogP contribution in [0, 0.1) is 26.6 Å². The third-order valence-electron chi connectivity index (χ3n) is 8.28. The molecule has 1 atom stereocenters. The van der Waals surface area contributed by atoms with Crippen molar-refractivity contribution in [3.8, 4) is 39.4 Å². The lowest BCUT2D eigenvalue weighted by atomic mass is 9.91. The Labute approximate surface area is 263 Å². The van der Waals surface area contributed by atoms with E-state index >= 15 is 4.39 Å². The van der Waals surface area contributed by atoms with Crippen LogP contribution in [0.1, 0.15) is 61.2 Å². The van der Waals surface area contributed by atoms with Crippen molar-refractivity contribution in [2.24, 2.45) is 0 Å². The summed E-state index contributed by atoms with van der Waals surface area (Å²) in [6.07, 6.45) is 0.340. The predicted molar refractivity (Wildman–Crippen MR) is 173 cm³/mol. The lowest BCUT2D eigenvalue weighted by Gasteiger charge is -2.29. The number of benzene rings is 3. The number of carbonyl (C=O) groups is 1. The van der Waals surface area contributed by atoms with E-state index in [1.54, 1.807) is 4.52 Å². The van der Waals surface area contributed by atoms with Gasteiger partial charge in [-0.1, -0.05) is 42.5 Å². The molecule has 3 aromatic carbocycles. The summed E-state index contributed by atoms with van der Waals surface area (Å²) in [6.45, 7) is 12.0. The molecule has 0 spiro atoms. The second-order valence-electron chi connectivity index (χ2n) is 12.6. The highest BCUT2D eigenvalue weighted by Crippen LogP contribution is 2.42. The molecule has 232 valence electrons. The average Bonchev–Trinajstić information content (AvgIpc) is 3.44. The number of aryl methyl sites for hydroxylation is 2. The number of hydrogen-bond donors (Lipinski definition) is 0. The molecular weight excluding hydrogens is 569 g/mol. The van der Waals surface area contributed by atoms with Gasteiger partial charge < -0.3 is 14.2 Å². The number of ether oxygens (including phenoxy) is 3.